The average molecular weight is 297 g/mol. The van der Waals surface area contributed by atoms with E-state index in [1.54, 1.807) is 18.7 Å². The van der Waals surface area contributed by atoms with E-state index in [4.69, 9.17) is 20.3 Å². The van der Waals surface area contributed by atoms with E-state index in [1.165, 1.54) is 0 Å². The fraction of sp³-hybridized carbons (Fsp3) is 0.500. The van der Waals surface area contributed by atoms with Crippen molar-refractivity contribution in [2.45, 2.75) is 30.2 Å². The molecule has 0 spiro atoms. The van der Waals surface area contributed by atoms with Gasteiger partial charge >= 0.3 is 5.97 Å². The first-order chi connectivity index (χ1) is 9.49. The number of benzene rings is 1. The largest absolute Gasteiger partial charge is 0.486 e. The molecule has 1 heterocycles. The fourth-order valence-electron chi connectivity index (χ4n) is 1.85. The van der Waals surface area contributed by atoms with Gasteiger partial charge in [-0.1, -0.05) is 0 Å². The van der Waals surface area contributed by atoms with Crippen LogP contribution in [0.15, 0.2) is 23.1 Å². The Balaban J connectivity index is 1.81. The third kappa shape index (κ3) is 3.80. The van der Waals surface area contributed by atoms with E-state index in [0.717, 1.165) is 28.6 Å². The van der Waals surface area contributed by atoms with Crippen LogP contribution in [0.3, 0.4) is 0 Å². The molecule has 0 saturated carbocycles. The summed E-state index contributed by atoms with van der Waals surface area (Å²) in [6, 6.07) is 5.84. The molecule has 1 atom stereocenters. The maximum Gasteiger partial charge on any atom is 0.323 e. The first-order valence-electron chi connectivity index (χ1n) is 6.54. The lowest BCUT2D eigenvalue weighted by Gasteiger charge is -2.19. The molecule has 2 rings (SSSR count). The van der Waals surface area contributed by atoms with Crippen LogP contribution < -0.4 is 15.2 Å². The van der Waals surface area contributed by atoms with Crippen LogP contribution in [0.25, 0.3) is 0 Å². The van der Waals surface area contributed by atoms with Crippen LogP contribution >= 0.6 is 11.8 Å². The molecule has 110 valence electrons. The lowest BCUT2D eigenvalue weighted by Crippen LogP contribution is -2.44. The minimum Gasteiger partial charge on any atom is -0.486 e. The average Bonchev–Trinajstić information content (AvgIpc) is 2.43. The number of nitrogens with two attached hydrogens (primary N) is 1. The number of carboxylic acids is 1. The predicted molar refractivity (Wildman–Crippen MR) is 77.6 cm³/mol. The summed E-state index contributed by atoms with van der Waals surface area (Å²) in [5, 5.41) is 8.93. The van der Waals surface area contributed by atoms with E-state index in [2.05, 4.69) is 0 Å². The van der Waals surface area contributed by atoms with Crippen molar-refractivity contribution in [3.05, 3.63) is 18.2 Å². The first-order valence-corrected chi connectivity index (χ1v) is 7.52. The van der Waals surface area contributed by atoms with Gasteiger partial charge in [0.05, 0.1) is 0 Å². The molecule has 0 saturated heterocycles. The summed E-state index contributed by atoms with van der Waals surface area (Å²) >= 11 is 1.66. The number of thioether (sulfide) groups is 1. The quantitative estimate of drug-likeness (QED) is 0.618. The molecule has 0 aromatic heterocycles. The number of carbonyl (C=O) groups is 1. The molecule has 1 aliphatic heterocycles. The van der Waals surface area contributed by atoms with Crippen LogP contribution in [0.5, 0.6) is 11.5 Å². The number of hydrogen-bond acceptors (Lipinski definition) is 5. The van der Waals surface area contributed by atoms with Gasteiger partial charge in [0.15, 0.2) is 11.5 Å². The molecule has 0 bridgehead atoms. The second kappa shape index (κ2) is 6.37. The summed E-state index contributed by atoms with van der Waals surface area (Å²) in [6.07, 6.45) is 1.21. The Hall–Kier alpha value is -1.40. The molecule has 3 N–H and O–H groups in total. The fourth-order valence-corrected chi connectivity index (χ4v) is 2.73. The number of carboxylic acid groups (broad SMARTS) is 1. The minimum atomic E-state index is -1.15. The monoisotopic (exact) mass is 297 g/mol. The maximum atomic E-state index is 10.9. The van der Waals surface area contributed by atoms with Crippen LogP contribution in [0, 0.1) is 0 Å². The van der Waals surface area contributed by atoms with Gasteiger partial charge in [0.1, 0.15) is 18.8 Å². The Kier molecular flexibility index (Phi) is 4.77. The van der Waals surface area contributed by atoms with Gasteiger partial charge in [-0.15, -0.1) is 11.8 Å². The van der Waals surface area contributed by atoms with Crippen molar-refractivity contribution in [3.8, 4) is 11.5 Å². The number of fused-ring (bicyclic) bond motifs is 1. The van der Waals surface area contributed by atoms with Gasteiger partial charge in [0.2, 0.25) is 0 Å². The van der Waals surface area contributed by atoms with Gasteiger partial charge in [-0.05, 0) is 43.7 Å². The number of hydrogen-bond donors (Lipinski definition) is 2. The highest BCUT2D eigenvalue weighted by Crippen LogP contribution is 2.34. The lowest BCUT2D eigenvalue weighted by atomic mass is 9.98. The number of rotatable bonds is 6. The van der Waals surface area contributed by atoms with Crippen LogP contribution in [-0.4, -0.2) is 35.6 Å². The smallest absolute Gasteiger partial charge is 0.323 e. The molecular formula is C14H19NO4S. The zero-order valence-corrected chi connectivity index (χ0v) is 12.2. The van der Waals surface area contributed by atoms with E-state index in [-0.39, 0.29) is 0 Å². The Bertz CT molecular complexity index is 490. The van der Waals surface area contributed by atoms with Gasteiger partial charge in [0, 0.05) is 4.90 Å². The van der Waals surface area contributed by atoms with Crippen molar-refractivity contribution in [2.75, 3.05) is 19.0 Å². The molecule has 5 nitrogen and oxygen atoms in total. The highest BCUT2D eigenvalue weighted by molar-refractivity contribution is 7.99. The maximum absolute atomic E-state index is 10.9. The zero-order chi connectivity index (χ0) is 14.6. The summed E-state index contributed by atoms with van der Waals surface area (Å²) in [4.78, 5) is 12.0. The van der Waals surface area contributed by atoms with Crippen molar-refractivity contribution in [2.24, 2.45) is 5.73 Å². The van der Waals surface area contributed by atoms with Crippen molar-refractivity contribution >= 4 is 17.7 Å². The topological polar surface area (TPSA) is 81.8 Å². The molecule has 0 radical (unpaired) electrons. The van der Waals surface area contributed by atoms with Crippen LogP contribution in [0.1, 0.15) is 19.8 Å². The van der Waals surface area contributed by atoms with E-state index >= 15 is 0 Å². The molecule has 1 unspecified atom stereocenters. The van der Waals surface area contributed by atoms with Gasteiger partial charge in [-0.25, -0.2) is 0 Å². The highest BCUT2D eigenvalue weighted by Gasteiger charge is 2.26. The molecule has 0 aliphatic carbocycles. The van der Waals surface area contributed by atoms with Gasteiger partial charge in [-0.2, -0.15) is 0 Å². The Morgan fingerprint density at radius 1 is 1.40 bits per heavy atom. The number of aliphatic carboxylic acids is 1. The van der Waals surface area contributed by atoms with Gasteiger partial charge in [0.25, 0.3) is 0 Å². The molecular weight excluding hydrogens is 278 g/mol. The lowest BCUT2D eigenvalue weighted by molar-refractivity contribution is -0.142. The highest BCUT2D eigenvalue weighted by atomic mass is 32.2. The van der Waals surface area contributed by atoms with E-state index in [0.29, 0.717) is 19.6 Å². The zero-order valence-electron chi connectivity index (χ0n) is 11.4. The van der Waals surface area contributed by atoms with Gasteiger partial charge < -0.3 is 20.3 Å². The van der Waals surface area contributed by atoms with Crippen molar-refractivity contribution < 1.29 is 19.4 Å². The third-order valence-electron chi connectivity index (χ3n) is 3.11. The predicted octanol–water partition coefficient (Wildman–Crippen LogP) is 2.13. The summed E-state index contributed by atoms with van der Waals surface area (Å²) < 4.78 is 11.0. The second-order valence-electron chi connectivity index (χ2n) is 4.98. The molecule has 0 fully saturated rings. The summed E-state index contributed by atoms with van der Waals surface area (Å²) in [6.45, 7) is 2.71. The van der Waals surface area contributed by atoms with E-state index in [1.807, 2.05) is 18.2 Å². The molecule has 1 aromatic rings. The minimum absolute atomic E-state index is 0.458. The Morgan fingerprint density at radius 2 is 2.10 bits per heavy atom. The van der Waals surface area contributed by atoms with Crippen LogP contribution in [-0.2, 0) is 4.79 Å². The summed E-state index contributed by atoms with van der Waals surface area (Å²) in [5.41, 5.74) is 4.54. The summed E-state index contributed by atoms with van der Waals surface area (Å²) in [5.74, 6) is 1.41. The van der Waals surface area contributed by atoms with Crippen LogP contribution in [0.4, 0.5) is 0 Å². The van der Waals surface area contributed by atoms with Gasteiger partial charge in [-0.3, -0.25) is 4.79 Å². The van der Waals surface area contributed by atoms with Crippen LogP contribution in [0.2, 0.25) is 0 Å². The third-order valence-corrected chi connectivity index (χ3v) is 4.19. The normalized spacial score (nSPS) is 16.5. The van der Waals surface area contributed by atoms with Crippen molar-refractivity contribution in [1.82, 2.24) is 0 Å². The Labute approximate surface area is 122 Å². The molecule has 20 heavy (non-hydrogen) atoms. The first kappa shape index (κ1) is 15.0. The Morgan fingerprint density at radius 3 is 2.80 bits per heavy atom. The van der Waals surface area contributed by atoms with Crippen molar-refractivity contribution in [1.29, 1.82) is 0 Å². The molecule has 6 heteroatoms. The van der Waals surface area contributed by atoms with E-state index < -0.39 is 11.5 Å². The number of ether oxygens (including phenoxy) is 2. The molecule has 1 aliphatic rings. The summed E-state index contributed by atoms with van der Waals surface area (Å²) in [7, 11) is 0. The molecule has 0 amide bonds. The SMILES string of the molecule is CC(N)(CCCSc1ccc2c(c1)OCCO2)C(=O)O. The second-order valence-corrected chi connectivity index (χ2v) is 6.15. The van der Waals surface area contributed by atoms with Crippen molar-refractivity contribution in [3.63, 3.8) is 0 Å². The van der Waals surface area contributed by atoms with E-state index in [9.17, 15) is 4.79 Å². The molecule has 1 aromatic carbocycles. The standard InChI is InChI=1S/C14H19NO4S/c1-14(15,13(16)17)5-2-8-20-10-3-4-11-12(9-10)19-7-6-18-11/h3-4,9H,2,5-8,15H2,1H3,(H,16,17).